The first kappa shape index (κ1) is 20.9. The fourth-order valence-electron chi connectivity index (χ4n) is 4.00. The normalized spacial score (nSPS) is 24.3. The number of carbonyl (C=O) groups is 3. The number of piperazine rings is 1. The Hall–Kier alpha value is -2.78. The maximum atomic E-state index is 13.2. The highest BCUT2D eigenvalue weighted by molar-refractivity contribution is 5.99. The first-order chi connectivity index (χ1) is 13.7. The molecule has 2 fully saturated rings. The molecule has 1 saturated carbocycles. The minimum absolute atomic E-state index is 0.320. The molecule has 0 spiro atoms. The van der Waals surface area contributed by atoms with Crippen molar-refractivity contribution >= 4 is 23.4 Å². The van der Waals surface area contributed by atoms with Gasteiger partial charge in [-0.2, -0.15) is 13.2 Å². The van der Waals surface area contributed by atoms with Crippen LogP contribution in [0.3, 0.4) is 0 Å². The molecule has 29 heavy (non-hydrogen) atoms. The van der Waals surface area contributed by atoms with E-state index in [0.29, 0.717) is 35.6 Å². The lowest BCUT2D eigenvalue weighted by atomic mass is 9.85. The van der Waals surface area contributed by atoms with Crippen molar-refractivity contribution in [3.05, 3.63) is 24.3 Å². The standard InChI is InChI=1S/C19H22F3N3O4/c1-29-15-9-5-3-7-12(15)23-16(26)10-14-17(27)24-11-6-2-4-8-13(11)25(14)18(28)19(20,21)22/h3,5,7,9,11,13-14H,2,4,6,8,10H2,1H3,(H,23,26)(H,24,27)/t11-,13+,14-/m0/s1. The smallest absolute Gasteiger partial charge is 0.471 e. The van der Waals surface area contributed by atoms with Crippen LogP contribution in [0.2, 0.25) is 0 Å². The maximum absolute atomic E-state index is 13.2. The Balaban J connectivity index is 1.83. The van der Waals surface area contributed by atoms with Crippen molar-refractivity contribution < 1.29 is 32.3 Å². The lowest BCUT2D eigenvalue weighted by Gasteiger charge is -2.48. The number of methoxy groups -OCH3 is 1. The summed E-state index contributed by atoms with van der Waals surface area (Å²) < 4.78 is 44.8. The van der Waals surface area contributed by atoms with Gasteiger partial charge in [-0.15, -0.1) is 0 Å². The Bertz CT molecular complexity index is 799. The van der Waals surface area contributed by atoms with Crippen LogP contribution in [-0.2, 0) is 14.4 Å². The summed E-state index contributed by atoms with van der Waals surface area (Å²) in [6.45, 7) is 0. The van der Waals surface area contributed by atoms with Gasteiger partial charge in [-0.25, -0.2) is 0 Å². The number of nitrogens with zero attached hydrogens (tertiary/aromatic N) is 1. The first-order valence-corrected chi connectivity index (χ1v) is 9.35. The van der Waals surface area contributed by atoms with E-state index in [4.69, 9.17) is 4.74 Å². The highest BCUT2D eigenvalue weighted by atomic mass is 19.4. The molecule has 1 saturated heterocycles. The van der Waals surface area contributed by atoms with Crippen LogP contribution in [0, 0.1) is 0 Å². The molecular formula is C19H22F3N3O4. The molecule has 3 amide bonds. The molecule has 3 rings (SSSR count). The number of fused-ring (bicyclic) bond motifs is 1. The topological polar surface area (TPSA) is 87.7 Å². The third-order valence-electron chi connectivity index (χ3n) is 5.29. The molecule has 1 aliphatic heterocycles. The molecule has 1 aromatic carbocycles. The van der Waals surface area contributed by atoms with E-state index in [1.54, 1.807) is 24.3 Å². The summed E-state index contributed by atoms with van der Waals surface area (Å²) in [5, 5.41) is 5.23. The van der Waals surface area contributed by atoms with Gasteiger partial charge in [-0.3, -0.25) is 14.4 Å². The van der Waals surface area contributed by atoms with Crippen molar-refractivity contribution in [2.45, 2.75) is 56.4 Å². The van der Waals surface area contributed by atoms with E-state index in [2.05, 4.69) is 10.6 Å². The van der Waals surface area contributed by atoms with Crippen LogP contribution in [0.15, 0.2) is 24.3 Å². The predicted octanol–water partition coefficient (Wildman–Crippen LogP) is 2.22. The lowest BCUT2D eigenvalue weighted by Crippen LogP contribution is -2.69. The number of ether oxygens (including phenoxy) is 1. The average Bonchev–Trinajstić information content (AvgIpc) is 2.67. The molecule has 158 valence electrons. The number of benzene rings is 1. The molecule has 1 heterocycles. The van der Waals surface area contributed by atoms with Crippen molar-refractivity contribution in [2.24, 2.45) is 0 Å². The van der Waals surface area contributed by atoms with Gasteiger partial charge in [0.05, 0.1) is 25.3 Å². The zero-order valence-electron chi connectivity index (χ0n) is 15.8. The van der Waals surface area contributed by atoms with Gasteiger partial charge in [0.1, 0.15) is 11.8 Å². The van der Waals surface area contributed by atoms with Gasteiger partial charge >= 0.3 is 12.1 Å². The molecule has 3 atom stereocenters. The molecule has 7 nitrogen and oxygen atoms in total. The average molecular weight is 413 g/mol. The molecule has 2 aliphatic rings. The van der Waals surface area contributed by atoms with E-state index < -0.39 is 48.4 Å². The number of amides is 3. The molecule has 0 radical (unpaired) electrons. The fraction of sp³-hybridized carbons (Fsp3) is 0.526. The van der Waals surface area contributed by atoms with Crippen LogP contribution in [0.25, 0.3) is 0 Å². The number of hydrogen-bond acceptors (Lipinski definition) is 4. The van der Waals surface area contributed by atoms with Gasteiger partial charge < -0.3 is 20.3 Å². The summed E-state index contributed by atoms with van der Waals surface area (Å²) in [6, 6.07) is 3.67. The monoisotopic (exact) mass is 413 g/mol. The Morgan fingerprint density at radius 3 is 2.62 bits per heavy atom. The van der Waals surface area contributed by atoms with E-state index in [9.17, 15) is 27.6 Å². The van der Waals surface area contributed by atoms with E-state index in [1.807, 2.05) is 0 Å². The number of halogens is 3. The van der Waals surface area contributed by atoms with Gasteiger partial charge in [0.2, 0.25) is 11.8 Å². The van der Waals surface area contributed by atoms with Crippen molar-refractivity contribution in [1.29, 1.82) is 0 Å². The van der Waals surface area contributed by atoms with Gasteiger partial charge in [0.15, 0.2) is 0 Å². The van der Waals surface area contributed by atoms with E-state index in [1.165, 1.54) is 7.11 Å². The number of nitrogens with one attached hydrogen (secondary N) is 2. The summed E-state index contributed by atoms with van der Waals surface area (Å²) >= 11 is 0. The van der Waals surface area contributed by atoms with Crippen molar-refractivity contribution in [1.82, 2.24) is 10.2 Å². The Morgan fingerprint density at radius 1 is 1.24 bits per heavy atom. The van der Waals surface area contributed by atoms with E-state index in [-0.39, 0.29) is 0 Å². The number of para-hydroxylation sites is 2. The number of carbonyl (C=O) groups excluding carboxylic acids is 3. The SMILES string of the molecule is COc1ccccc1NC(=O)C[C@H]1C(=O)N[C@H]2CCCC[C@H]2N1C(=O)C(F)(F)F. The highest BCUT2D eigenvalue weighted by Gasteiger charge is 2.53. The Labute approximate surface area is 165 Å². The van der Waals surface area contributed by atoms with Crippen molar-refractivity contribution in [3.63, 3.8) is 0 Å². The Morgan fingerprint density at radius 2 is 1.93 bits per heavy atom. The maximum Gasteiger partial charge on any atom is 0.471 e. The predicted molar refractivity (Wildman–Crippen MR) is 97.1 cm³/mol. The fourth-order valence-corrected chi connectivity index (χ4v) is 4.00. The summed E-state index contributed by atoms with van der Waals surface area (Å²) in [5.41, 5.74) is 0.320. The van der Waals surface area contributed by atoms with Gasteiger partial charge in [-0.05, 0) is 25.0 Å². The van der Waals surface area contributed by atoms with Gasteiger partial charge in [0.25, 0.3) is 0 Å². The van der Waals surface area contributed by atoms with Crippen LogP contribution in [0.1, 0.15) is 32.1 Å². The second kappa shape index (κ2) is 8.30. The number of anilines is 1. The number of alkyl halides is 3. The minimum atomic E-state index is -5.13. The van der Waals surface area contributed by atoms with Gasteiger partial charge in [-0.1, -0.05) is 25.0 Å². The van der Waals surface area contributed by atoms with Crippen LogP contribution >= 0.6 is 0 Å². The largest absolute Gasteiger partial charge is 0.495 e. The summed E-state index contributed by atoms with van der Waals surface area (Å²) in [4.78, 5) is 37.7. The van der Waals surface area contributed by atoms with Crippen LogP contribution in [-0.4, -0.2) is 54.0 Å². The van der Waals surface area contributed by atoms with E-state index in [0.717, 1.165) is 6.42 Å². The third kappa shape index (κ3) is 4.46. The van der Waals surface area contributed by atoms with Crippen molar-refractivity contribution in [3.8, 4) is 5.75 Å². The van der Waals surface area contributed by atoms with E-state index >= 15 is 0 Å². The lowest BCUT2D eigenvalue weighted by molar-refractivity contribution is -0.195. The van der Waals surface area contributed by atoms with Crippen LogP contribution < -0.4 is 15.4 Å². The third-order valence-corrected chi connectivity index (χ3v) is 5.29. The molecule has 0 bridgehead atoms. The summed E-state index contributed by atoms with van der Waals surface area (Å²) in [7, 11) is 1.41. The molecule has 1 aromatic rings. The molecule has 0 aromatic heterocycles. The number of rotatable bonds is 4. The van der Waals surface area contributed by atoms with Gasteiger partial charge in [0, 0.05) is 6.04 Å². The first-order valence-electron chi connectivity index (χ1n) is 9.35. The minimum Gasteiger partial charge on any atom is -0.495 e. The molecule has 10 heteroatoms. The van der Waals surface area contributed by atoms with Crippen LogP contribution in [0.4, 0.5) is 18.9 Å². The second-order valence-corrected chi connectivity index (χ2v) is 7.15. The highest BCUT2D eigenvalue weighted by Crippen LogP contribution is 2.33. The second-order valence-electron chi connectivity index (χ2n) is 7.15. The zero-order chi connectivity index (χ0) is 21.2. The summed E-state index contributed by atoms with van der Waals surface area (Å²) in [5.74, 6) is -3.16. The number of hydrogen-bond donors (Lipinski definition) is 2. The quantitative estimate of drug-likeness (QED) is 0.793. The summed E-state index contributed by atoms with van der Waals surface area (Å²) in [6.07, 6.45) is -3.46. The zero-order valence-corrected chi connectivity index (χ0v) is 15.8. The molecule has 1 aliphatic carbocycles. The molecule has 0 unspecified atom stereocenters. The molecule has 2 N–H and O–H groups in total. The Kier molecular flexibility index (Phi) is 5.99. The van der Waals surface area contributed by atoms with Crippen LogP contribution in [0.5, 0.6) is 5.75 Å². The molecular weight excluding hydrogens is 391 g/mol. The van der Waals surface area contributed by atoms with Crippen molar-refractivity contribution in [2.75, 3.05) is 12.4 Å².